The fourth-order valence-electron chi connectivity index (χ4n) is 3.48. The van der Waals surface area contributed by atoms with Crippen LogP contribution in [0.1, 0.15) is 0 Å². The molecule has 0 radical (unpaired) electrons. The molecule has 0 aliphatic rings. The SMILES string of the molecule is C=CC(=O)OCC(F)(F)C(F)(F)OC(F)(F)C(C(F)(F)OC(F)(F)C(F)(F)COC(=O)C=C)(C(F)(F)OC(F)(F)C(F)(F)COC(=O)C=C)C(F)(F)OC(F)(F)C(F)(F)COC(=O)C=C. The molecule has 0 saturated carbocycles. The van der Waals surface area contributed by atoms with Crippen molar-refractivity contribution >= 4 is 23.9 Å². The van der Waals surface area contributed by atoms with Crippen LogP contribution in [0.4, 0.5) is 105 Å². The summed E-state index contributed by atoms with van der Waals surface area (Å²) in [6, 6.07) is 0. The van der Waals surface area contributed by atoms with Gasteiger partial charge in [-0.3, -0.25) is 0 Å². The van der Waals surface area contributed by atoms with Crippen LogP contribution in [-0.2, 0) is 57.1 Å². The lowest BCUT2D eigenvalue weighted by Crippen LogP contribution is -2.78. The zero-order valence-electron chi connectivity index (χ0n) is 30.4. The van der Waals surface area contributed by atoms with Crippen molar-refractivity contribution in [1.82, 2.24) is 0 Å². The van der Waals surface area contributed by atoms with Gasteiger partial charge in [-0.15, -0.1) is 0 Å². The second-order valence-electron chi connectivity index (χ2n) is 11.4. The topological polar surface area (TPSA) is 142 Å². The maximum atomic E-state index is 15.9. The van der Waals surface area contributed by atoms with Crippen LogP contribution in [0.15, 0.2) is 50.6 Å². The van der Waals surface area contributed by atoms with Gasteiger partial charge in [-0.1, -0.05) is 26.3 Å². The minimum Gasteiger partial charge on any atom is -0.456 e. The molecule has 0 aromatic heterocycles. The number of halogens is 24. The number of carbonyl (C=O) groups is 4. The number of rotatable bonds is 28. The predicted octanol–water partition coefficient (Wildman–Crippen LogP) is 8.24. The van der Waals surface area contributed by atoms with Crippen molar-refractivity contribution in [1.29, 1.82) is 0 Å². The molecule has 0 unspecified atom stereocenters. The molecular weight excluding hydrogens is 996 g/mol. The van der Waals surface area contributed by atoms with E-state index in [9.17, 15) is 89.4 Å². The standard InChI is InChI=1S/C29H20F24O12/c1-5-13(54)58-9-17(30,31)22(38,39)62-26(46,47)21(27(48,49)63-23(40,41)18(32,33)10-59-14(55)6-2,28(50,51)64-24(42,43)19(34,35)11-60-15(56)7-3)29(52,53)65-25(44,45)20(36,37)12-61-16(57)8-4/h5-8H,1-4,9-12H2. The van der Waals surface area contributed by atoms with Crippen molar-refractivity contribution in [3.8, 4) is 0 Å². The van der Waals surface area contributed by atoms with Gasteiger partial charge < -0.3 is 18.9 Å². The molecule has 0 fully saturated rings. The van der Waals surface area contributed by atoms with Crippen LogP contribution in [0, 0.1) is 5.41 Å². The zero-order valence-corrected chi connectivity index (χ0v) is 30.4. The second kappa shape index (κ2) is 19.5. The molecule has 0 aromatic carbocycles. The summed E-state index contributed by atoms with van der Waals surface area (Å²) < 4.78 is 378. The molecule has 0 amide bonds. The molecule has 0 aliphatic heterocycles. The summed E-state index contributed by atoms with van der Waals surface area (Å²) in [4.78, 5) is 44.1. The lowest BCUT2D eigenvalue weighted by Gasteiger charge is -2.51. The third kappa shape index (κ3) is 12.7. The fraction of sp³-hybridized carbons (Fsp3) is 0.586. The first-order valence-electron chi connectivity index (χ1n) is 15.2. The van der Waals surface area contributed by atoms with Crippen LogP contribution in [0.25, 0.3) is 0 Å². The van der Waals surface area contributed by atoms with Crippen molar-refractivity contribution < 1.29 is 162 Å². The number of alkyl halides is 24. The monoisotopic (exact) mass is 1020 g/mol. The van der Waals surface area contributed by atoms with E-state index in [0.717, 1.165) is 0 Å². The van der Waals surface area contributed by atoms with Gasteiger partial charge in [0.05, 0.1) is 0 Å². The van der Waals surface area contributed by atoms with Gasteiger partial charge in [0.15, 0.2) is 26.4 Å². The van der Waals surface area contributed by atoms with Crippen molar-refractivity contribution in [2.24, 2.45) is 5.41 Å². The van der Waals surface area contributed by atoms with Gasteiger partial charge in [-0.05, 0) is 0 Å². The number of hydrogen-bond donors (Lipinski definition) is 0. The van der Waals surface area contributed by atoms with E-state index in [2.05, 4.69) is 45.3 Å². The number of ether oxygens (including phenoxy) is 8. The first-order valence-corrected chi connectivity index (χ1v) is 15.2. The summed E-state index contributed by atoms with van der Waals surface area (Å²) >= 11 is 0. The molecule has 0 N–H and O–H groups in total. The smallest absolute Gasteiger partial charge is 0.427 e. The molecule has 0 aliphatic carbocycles. The Kier molecular flexibility index (Phi) is 18.0. The highest BCUT2D eigenvalue weighted by Crippen LogP contribution is 2.70. The van der Waals surface area contributed by atoms with Gasteiger partial charge in [0.25, 0.3) is 0 Å². The van der Waals surface area contributed by atoms with E-state index in [1.165, 1.54) is 18.9 Å². The molecule has 376 valence electrons. The van der Waals surface area contributed by atoms with Crippen LogP contribution < -0.4 is 0 Å². The summed E-state index contributed by atoms with van der Waals surface area (Å²) in [6.45, 7) is -4.80. The molecule has 12 nitrogen and oxygen atoms in total. The lowest BCUT2D eigenvalue weighted by molar-refractivity contribution is -0.624. The molecule has 0 heterocycles. The Morgan fingerprint density at radius 3 is 0.554 bits per heavy atom. The number of carbonyl (C=O) groups excluding carboxylic acids is 4. The van der Waals surface area contributed by atoms with Crippen LogP contribution in [0.3, 0.4) is 0 Å². The molecule has 0 atom stereocenters. The van der Waals surface area contributed by atoms with E-state index in [1.807, 2.05) is 0 Å². The molecule has 0 aromatic rings. The fourth-order valence-corrected chi connectivity index (χ4v) is 3.48. The molecule has 0 bridgehead atoms. The molecule has 65 heavy (non-hydrogen) atoms. The van der Waals surface area contributed by atoms with Gasteiger partial charge in [0, 0.05) is 24.3 Å². The van der Waals surface area contributed by atoms with Crippen molar-refractivity contribution in [3.63, 3.8) is 0 Å². The number of hydrogen-bond acceptors (Lipinski definition) is 12. The first-order chi connectivity index (χ1) is 28.6. The molecule has 0 rings (SSSR count). The third-order valence-corrected chi connectivity index (χ3v) is 6.72. The van der Waals surface area contributed by atoms with Gasteiger partial charge in [0.2, 0.25) is 0 Å². The summed E-state index contributed by atoms with van der Waals surface area (Å²) in [5.41, 5.74) is -10.0. The van der Waals surface area contributed by atoms with Crippen LogP contribution in [0.2, 0.25) is 0 Å². The van der Waals surface area contributed by atoms with Crippen molar-refractivity contribution in [2.75, 3.05) is 26.4 Å². The molecule has 36 heteroatoms. The Morgan fingerprint density at radius 1 is 0.292 bits per heavy atom. The molecule has 0 saturated heterocycles. The molecule has 0 spiro atoms. The van der Waals surface area contributed by atoms with Gasteiger partial charge in [-0.2, -0.15) is 105 Å². The summed E-state index contributed by atoms with van der Waals surface area (Å²) in [5.74, 6) is -38.1. The van der Waals surface area contributed by atoms with E-state index in [0.29, 0.717) is 0 Å². The average Bonchev–Trinajstić information content (AvgIpc) is 3.11. The third-order valence-electron chi connectivity index (χ3n) is 6.72. The van der Waals surface area contributed by atoms with Crippen molar-refractivity contribution in [2.45, 2.75) is 72.6 Å². The number of esters is 4. The Labute approximate surface area is 342 Å². The minimum atomic E-state index is -10.0. The van der Waals surface area contributed by atoms with E-state index in [-0.39, 0.29) is 24.3 Å². The summed E-state index contributed by atoms with van der Waals surface area (Å²) in [6.07, 6.45) is -71.9. The summed E-state index contributed by atoms with van der Waals surface area (Å²) in [5, 5.41) is 0. The highest BCUT2D eigenvalue weighted by Gasteiger charge is 2.98. The predicted molar refractivity (Wildman–Crippen MR) is 151 cm³/mol. The first kappa shape index (κ1) is 60.0. The quantitative estimate of drug-likeness (QED) is 0.0323. The van der Waals surface area contributed by atoms with Crippen LogP contribution in [-0.4, -0.2) is 123 Å². The Morgan fingerprint density at radius 2 is 0.431 bits per heavy atom. The van der Waals surface area contributed by atoms with Gasteiger partial charge in [0.1, 0.15) is 0 Å². The molecular formula is C29H20F24O12. The van der Waals surface area contributed by atoms with Gasteiger partial charge in [-0.25, -0.2) is 38.1 Å². The van der Waals surface area contributed by atoms with E-state index >= 15 is 35.1 Å². The van der Waals surface area contributed by atoms with Crippen molar-refractivity contribution in [3.05, 3.63) is 50.6 Å². The van der Waals surface area contributed by atoms with E-state index in [1.54, 1.807) is 0 Å². The average molecular weight is 1020 g/mol. The highest BCUT2D eigenvalue weighted by molar-refractivity contribution is 5.82. The Bertz CT molecular complexity index is 1530. The maximum Gasteiger partial charge on any atom is 0.427 e. The summed E-state index contributed by atoms with van der Waals surface area (Å²) in [7, 11) is 0. The normalized spacial score (nSPS) is 14.5. The second-order valence-corrected chi connectivity index (χ2v) is 11.4. The lowest BCUT2D eigenvalue weighted by atomic mass is 9.80. The maximum absolute atomic E-state index is 15.9. The van der Waals surface area contributed by atoms with Crippen LogP contribution >= 0.6 is 0 Å². The van der Waals surface area contributed by atoms with Crippen LogP contribution in [0.5, 0.6) is 0 Å². The minimum absolute atomic E-state index is 0.292. The van der Waals surface area contributed by atoms with E-state index < -0.39 is 128 Å². The largest absolute Gasteiger partial charge is 0.456 e. The zero-order chi connectivity index (χ0) is 52.1. The Balaban J connectivity index is 9.06. The highest BCUT2D eigenvalue weighted by atomic mass is 19.4. The van der Waals surface area contributed by atoms with E-state index in [4.69, 9.17) is 0 Å². The van der Waals surface area contributed by atoms with Gasteiger partial charge >= 0.3 is 102 Å². The Hall–Kier alpha value is -5.00.